The summed E-state index contributed by atoms with van der Waals surface area (Å²) in [5.41, 5.74) is 1.76. The maximum absolute atomic E-state index is 11.9. The smallest absolute Gasteiger partial charge is 0.344 e. The molecule has 0 radical (unpaired) electrons. The summed E-state index contributed by atoms with van der Waals surface area (Å²) in [6.07, 6.45) is 0. The highest BCUT2D eigenvalue weighted by Crippen LogP contribution is 2.22. The molecule has 0 N–H and O–H groups in total. The lowest BCUT2D eigenvalue weighted by atomic mass is 10.2. The number of hydrogen-bond acceptors (Lipinski definition) is 6. The van der Waals surface area contributed by atoms with Crippen molar-refractivity contribution in [2.24, 2.45) is 0 Å². The van der Waals surface area contributed by atoms with E-state index in [9.17, 15) is 4.79 Å². The molecule has 6 nitrogen and oxygen atoms in total. The van der Waals surface area contributed by atoms with E-state index in [1.807, 2.05) is 36.4 Å². The van der Waals surface area contributed by atoms with Crippen molar-refractivity contribution in [3.63, 3.8) is 0 Å². The van der Waals surface area contributed by atoms with Crippen LogP contribution in [0.2, 0.25) is 0 Å². The fourth-order valence-electron chi connectivity index (χ4n) is 2.28. The molecule has 0 atom stereocenters. The maximum Gasteiger partial charge on any atom is 0.344 e. The predicted molar refractivity (Wildman–Crippen MR) is 93.1 cm³/mol. The standard InChI is InChI=1S/C20H16N2O4/c1-14-17(22-20(26-14)15-7-3-2-4-8-15)12-25-19(23)13-24-18-10-6-5-9-16(18)11-21/h2-10H,12-13H2,1H3. The van der Waals surface area contributed by atoms with Crippen LogP contribution in [0.3, 0.4) is 0 Å². The zero-order valence-electron chi connectivity index (χ0n) is 14.1. The van der Waals surface area contributed by atoms with Gasteiger partial charge in [-0.1, -0.05) is 30.3 Å². The lowest BCUT2D eigenvalue weighted by Crippen LogP contribution is -2.15. The van der Waals surface area contributed by atoms with Gasteiger partial charge < -0.3 is 13.9 Å². The fraction of sp³-hybridized carbons (Fsp3) is 0.150. The Balaban J connectivity index is 1.57. The number of ether oxygens (including phenoxy) is 2. The summed E-state index contributed by atoms with van der Waals surface area (Å²) in [5, 5.41) is 9.00. The number of aromatic nitrogens is 1. The van der Waals surface area contributed by atoms with E-state index in [1.165, 1.54) is 0 Å². The molecule has 0 saturated carbocycles. The van der Waals surface area contributed by atoms with Gasteiger partial charge in [0.05, 0.1) is 5.56 Å². The number of esters is 1. The Labute approximate surface area is 150 Å². The van der Waals surface area contributed by atoms with E-state index in [-0.39, 0.29) is 13.2 Å². The number of rotatable bonds is 6. The molecular formula is C20H16N2O4. The van der Waals surface area contributed by atoms with Crippen molar-refractivity contribution in [2.45, 2.75) is 13.5 Å². The molecule has 3 aromatic rings. The third-order valence-corrected chi connectivity index (χ3v) is 3.64. The van der Waals surface area contributed by atoms with Crippen molar-refractivity contribution in [1.82, 2.24) is 4.98 Å². The first-order valence-electron chi connectivity index (χ1n) is 7.96. The van der Waals surface area contributed by atoms with Crippen LogP contribution in [-0.2, 0) is 16.1 Å². The molecule has 0 aliphatic carbocycles. The number of oxazole rings is 1. The van der Waals surface area contributed by atoms with Crippen LogP contribution in [0.4, 0.5) is 0 Å². The monoisotopic (exact) mass is 348 g/mol. The third-order valence-electron chi connectivity index (χ3n) is 3.64. The summed E-state index contributed by atoms with van der Waals surface area (Å²) in [4.78, 5) is 16.3. The van der Waals surface area contributed by atoms with Crippen LogP contribution in [-0.4, -0.2) is 17.6 Å². The van der Waals surface area contributed by atoms with E-state index in [2.05, 4.69) is 4.98 Å². The van der Waals surface area contributed by atoms with E-state index in [1.54, 1.807) is 31.2 Å². The number of benzene rings is 2. The molecule has 0 aliphatic heterocycles. The summed E-state index contributed by atoms with van der Waals surface area (Å²) in [7, 11) is 0. The average molecular weight is 348 g/mol. The van der Waals surface area contributed by atoms with Crippen LogP contribution in [0, 0.1) is 18.3 Å². The topological polar surface area (TPSA) is 85.3 Å². The minimum Gasteiger partial charge on any atom is -0.481 e. The molecule has 6 heteroatoms. The molecule has 130 valence electrons. The van der Waals surface area contributed by atoms with Crippen LogP contribution in [0.15, 0.2) is 59.0 Å². The largest absolute Gasteiger partial charge is 0.481 e. The van der Waals surface area contributed by atoms with Crippen molar-refractivity contribution in [3.8, 4) is 23.3 Å². The molecule has 0 amide bonds. The van der Waals surface area contributed by atoms with Crippen molar-refractivity contribution >= 4 is 5.97 Å². The molecule has 0 bridgehead atoms. The number of carbonyl (C=O) groups is 1. The van der Waals surface area contributed by atoms with Crippen molar-refractivity contribution in [1.29, 1.82) is 5.26 Å². The highest BCUT2D eigenvalue weighted by atomic mass is 16.6. The van der Waals surface area contributed by atoms with Gasteiger partial charge in [0, 0.05) is 5.56 Å². The highest BCUT2D eigenvalue weighted by Gasteiger charge is 2.14. The van der Waals surface area contributed by atoms with Gasteiger partial charge in [-0.05, 0) is 31.2 Å². The maximum atomic E-state index is 11.9. The SMILES string of the molecule is Cc1oc(-c2ccccc2)nc1COC(=O)COc1ccccc1C#N. The average Bonchev–Trinajstić information content (AvgIpc) is 3.06. The van der Waals surface area contributed by atoms with Crippen LogP contribution in [0.25, 0.3) is 11.5 Å². The van der Waals surface area contributed by atoms with Crippen molar-refractivity contribution in [3.05, 3.63) is 71.6 Å². The minimum atomic E-state index is -0.554. The molecule has 2 aromatic carbocycles. The first-order valence-corrected chi connectivity index (χ1v) is 7.96. The van der Waals surface area contributed by atoms with Crippen LogP contribution in [0.5, 0.6) is 5.75 Å². The molecule has 0 fully saturated rings. The Hall–Kier alpha value is -3.59. The number of nitrogens with zero attached hydrogens (tertiary/aromatic N) is 2. The lowest BCUT2D eigenvalue weighted by Gasteiger charge is -2.07. The van der Waals surface area contributed by atoms with E-state index in [0.29, 0.717) is 28.7 Å². The summed E-state index contributed by atoms with van der Waals surface area (Å²) in [5.74, 6) is 0.859. The molecule has 0 saturated heterocycles. The van der Waals surface area contributed by atoms with Crippen LogP contribution < -0.4 is 4.74 Å². The minimum absolute atomic E-state index is 0.00967. The molecule has 0 unspecified atom stereocenters. The molecule has 26 heavy (non-hydrogen) atoms. The number of hydrogen-bond donors (Lipinski definition) is 0. The van der Waals surface area contributed by atoms with Gasteiger partial charge >= 0.3 is 5.97 Å². The number of nitriles is 1. The van der Waals surface area contributed by atoms with Crippen LogP contribution >= 0.6 is 0 Å². The van der Waals surface area contributed by atoms with Crippen LogP contribution in [0.1, 0.15) is 17.0 Å². The quantitative estimate of drug-likeness (QED) is 0.632. The Bertz CT molecular complexity index is 942. The van der Waals surface area contributed by atoms with Gasteiger partial charge in [-0.2, -0.15) is 5.26 Å². The Morgan fingerprint density at radius 3 is 2.65 bits per heavy atom. The summed E-state index contributed by atoms with van der Waals surface area (Å²) in [6, 6.07) is 18.2. The molecule has 0 spiro atoms. The highest BCUT2D eigenvalue weighted by molar-refractivity contribution is 5.71. The molecule has 1 aromatic heterocycles. The summed E-state index contributed by atoms with van der Waals surface area (Å²) >= 11 is 0. The van der Waals surface area contributed by atoms with Gasteiger partial charge in [-0.15, -0.1) is 0 Å². The first-order chi connectivity index (χ1) is 12.7. The second-order valence-electron chi connectivity index (χ2n) is 5.45. The first kappa shape index (κ1) is 17.2. The Kier molecular flexibility index (Phi) is 5.30. The second-order valence-corrected chi connectivity index (χ2v) is 5.45. The van der Waals surface area contributed by atoms with Gasteiger partial charge in [0.1, 0.15) is 29.9 Å². The molecule has 1 heterocycles. The van der Waals surface area contributed by atoms with Gasteiger partial charge in [0.15, 0.2) is 6.61 Å². The fourth-order valence-corrected chi connectivity index (χ4v) is 2.28. The zero-order chi connectivity index (χ0) is 18.4. The third kappa shape index (κ3) is 4.08. The number of para-hydroxylation sites is 1. The zero-order valence-corrected chi connectivity index (χ0v) is 14.1. The van der Waals surface area contributed by atoms with Gasteiger partial charge in [0.2, 0.25) is 5.89 Å². The molecule has 3 rings (SSSR count). The van der Waals surface area contributed by atoms with Gasteiger partial charge in [-0.25, -0.2) is 9.78 Å². The predicted octanol–water partition coefficient (Wildman–Crippen LogP) is 3.64. The van der Waals surface area contributed by atoms with E-state index < -0.39 is 5.97 Å². The van der Waals surface area contributed by atoms with E-state index >= 15 is 0 Å². The Morgan fingerprint density at radius 2 is 1.88 bits per heavy atom. The lowest BCUT2D eigenvalue weighted by molar-refractivity contribution is -0.147. The second kappa shape index (κ2) is 7.99. The van der Waals surface area contributed by atoms with Gasteiger partial charge in [0.25, 0.3) is 0 Å². The van der Waals surface area contributed by atoms with Gasteiger partial charge in [-0.3, -0.25) is 0 Å². The Morgan fingerprint density at radius 1 is 1.15 bits per heavy atom. The van der Waals surface area contributed by atoms with Crippen molar-refractivity contribution < 1.29 is 18.7 Å². The molecule has 0 aliphatic rings. The summed E-state index contributed by atoms with van der Waals surface area (Å²) < 4.78 is 16.1. The normalized spacial score (nSPS) is 10.2. The van der Waals surface area contributed by atoms with E-state index in [4.69, 9.17) is 19.2 Å². The number of aryl methyl sites for hydroxylation is 1. The summed E-state index contributed by atoms with van der Waals surface area (Å²) in [6.45, 7) is 1.47. The van der Waals surface area contributed by atoms with Crippen molar-refractivity contribution in [2.75, 3.05) is 6.61 Å². The molecular weight excluding hydrogens is 332 g/mol. The number of carbonyl (C=O) groups excluding carboxylic acids is 1. The van der Waals surface area contributed by atoms with E-state index in [0.717, 1.165) is 5.56 Å².